The number of nitrogens with zero attached hydrogens (tertiary/aromatic N) is 3. The number of fused-ring (bicyclic) bond motifs is 1. The molecule has 0 amide bonds. The van der Waals surface area contributed by atoms with E-state index < -0.39 is 0 Å². The zero-order valence-corrected chi connectivity index (χ0v) is 17.8. The van der Waals surface area contributed by atoms with Crippen molar-refractivity contribution in [3.63, 3.8) is 0 Å². The predicted octanol–water partition coefficient (Wildman–Crippen LogP) is 5.35. The number of hydrogen-bond donors (Lipinski definition) is 0. The topological polar surface area (TPSA) is 66.2 Å². The van der Waals surface area contributed by atoms with E-state index in [-0.39, 0.29) is 18.3 Å². The molecule has 0 spiro atoms. The number of halogens is 1. The number of para-hydroxylation sites is 1. The van der Waals surface area contributed by atoms with Gasteiger partial charge in [-0.25, -0.2) is 0 Å². The van der Waals surface area contributed by atoms with Gasteiger partial charge in [-0.2, -0.15) is 0 Å². The molecular formula is C21H14ClN3O3S2. The SMILES string of the molecule is O=C(CSc1nnc(-c2ccc3c(c2)OCO3)n1-c1ccccc1)c1ccc(Cl)s1. The first kappa shape index (κ1) is 19.2. The second-order valence-electron chi connectivity index (χ2n) is 6.36. The van der Waals surface area contributed by atoms with Crippen LogP contribution in [-0.2, 0) is 0 Å². The monoisotopic (exact) mass is 455 g/mol. The molecule has 4 aromatic rings. The van der Waals surface area contributed by atoms with E-state index in [2.05, 4.69) is 10.2 Å². The Labute approximate surface area is 185 Å². The lowest BCUT2D eigenvalue weighted by Crippen LogP contribution is -2.03. The summed E-state index contributed by atoms with van der Waals surface area (Å²) in [5, 5.41) is 9.40. The lowest BCUT2D eigenvalue weighted by molar-refractivity contribution is 0.102. The first-order valence-corrected chi connectivity index (χ1v) is 11.2. The Morgan fingerprint density at radius 1 is 1.07 bits per heavy atom. The van der Waals surface area contributed by atoms with Gasteiger partial charge >= 0.3 is 0 Å². The van der Waals surface area contributed by atoms with Crippen LogP contribution in [0.2, 0.25) is 4.34 Å². The molecule has 0 saturated carbocycles. The summed E-state index contributed by atoms with van der Waals surface area (Å²) < 4.78 is 13.4. The van der Waals surface area contributed by atoms with Gasteiger partial charge in [-0.1, -0.05) is 41.6 Å². The normalized spacial score (nSPS) is 12.3. The largest absolute Gasteiger partial charge is 0.454 e. The Morgan fingerprint density at radius 3 is 2.70 bits per heavy atom. The van der Waals surface area contributed by atoms with E-state index >= 15 is 0 Å². The lowest BCUT2D eigenvalue weighted by atomic mass is 10.2. The summed E-state index contributed by atoms with van der Waals surface area (Å²) in [6, 6.07) is 18.9. The molecule has 2 aromatic carbocycles. The first-order chi connectivity index (χ1) is 14.7. The standard InChI is InChI=1S/C21H14ClN3O3S2/c22-19-9-8-18(30-19)15(26)11-29-21-24-23-20(25(21)14-4-2-1-3-5-14)13-6-7-16-17(10-13)28-12-27-16/h1-10H,11-12H2. The molecular weight excluding hydrogens is 442 g/mol. The number of ketones is 1. The van der Waals surface area contributed by atoms with Crippen molar-refractivity contribution in [2.24, 2.45) is 0 Å². The van der Waals surface area contributed by atoms with E-state index in [0.717, 1.165) is 11.3 Å². The van der Waals surface area contributed by atoms with Crippen LogP contribution in [0.25, 0.3) is 17.1 Å². The van der Waals surface area contributed by atoms with Crippen LogP contribution in [0.3, 0.4) is 0 Å². The van der Waals surface area contributed by atoms with E-state index in [9.17, 15) is 4.79 Å². The lowest BCUT2D eigenvalue weighted by Gasteiger charge is -2.10. The number of hydrogen-bond acceptors (Lipinski definition) is 7. The van der Waals surface area contributed by atoms with E-state index in [1.807, 2.05) is 53.1 Å². The Bertz CT molecular complexity index is 1220. The fraction of sp³-hybridized carbons (Fsp3) is 0.0952. The molecule has 30 heavy (non-hydrogen) atoms. The van der Waals surface area contributed by atoms with Crippen molar-refractivity contribution in [3.8, 4) is 28.6 Å². The number of benzene rings is 2. The number of thiophene rings is 1. The Hall–Kier alpha value is -2.81. The summed E-state index contributed by atoms with van der Waals surface area (Å²) in [7, 11) is 0. The van der Waals surface area contributed by atoms with Crippen molar-refractivity contribution in [2.45, 2.75) is 5.16 Å². The van der Waals surface area contributed by atoms with Crippen LogP contribution in [0, 0.1) is 0 Å². The van der Waals surface area contributed by atoms with E-state index in [1.165, 1.54) is 23.1 Å². The van der Waals surface area contributed by atoms with E-state index in [0.29, 0.717) is 31.7 Å². The zero-order chi connectivity index (χ0) is 20.5. The van der Waals surface area contributed by atoms with Crippen LogP contribution >= 0.6 is 34.7 Å². The molecule has 1 aliphatic rings. The highest BCUT2D eigenvalue weighted by Crippen LogP contribution is 2.37. The summed E-state index contributed by atoms with van der Waals surface area (Å²) in [5.74, 6) is 2.29. The van der Waals surface area contributed by atoms with Crippen molar-refractivity contribution in [3.05, 3.63) is 69.9 Å². The van der Waals surface area contributed by atoms with Crippen LogP contribution < -0.4 is 9.47 Å². The van der Waals surface area contributed by atoms with Crippen LogP contribution in [0.4, 0.5) is 0 Å². The smallest absolute Gasteiger partial charge is 0.231 e. The van der Waals surface area contributed by atoms with Crippen LogP contribution in [0.15, 0.2) is 65.8 Å². The maximum atomic E-state index is 12.5. The molecule has 0 N–H and O–H groups in total. The number of thioether (sulfide) groups is 1. The van der Waals surface area contributed by atoms with E-state index in [4.69, 9.17) is 21.1 Å². The molecule has 150 valence electrons. The average Bonchev–Trinajstić information content (AvgIpc) is 3.51. The first-order valence-electron chi connectivity index (χ1n) is 9.01. The van der Waals surface area contributed by atoms with Crippen molar-refractivity contribution in [2.75, 3.05) is 12.5 Å². The summed E-state index contributed by atoms with van der Waals surface area (Å²) in [5.41, 5.74) is 1.75. The summed E-state index contributed by atoms with van der Waals surface area (Å²) in [4.78, 5) is 13.2. The molecule has 0 radical (unpaired) electrons. The van der Waals surface area contributed by atoms with Crippen LogP contribution in [0.5, 0.6) is 11.5 Å². The van der Waals surface area contributed by atoms with Crippen molar-refractivity contribution >= 4 is 40.5 Å². The minimum Gasteiger partial charge on any atom is -0.454 e. The highest BCUT2D eigenvalue weighted by molar-refractivity contribution is 7.99. The molecule has 1 aliphatic heterocycles. The van der Waals surface area contributed by atoms with Gasteiger partial charge in [0.15, 0.2) is 28.3 Å². The summed E-state index contributed by atoms with van der Waals surface area (Å²) in [6.45, 7) is 0.208. The molecule has 6 nitrogen and oxygen atoms in total. The van der Waals surface area contributed by atoms with E-state index in [1.54, 1.807) is 12.1 Å². The third-order valence-corrected chi connectivity index (χ3v) is 6.66. The van der Waals surface area contributed by atoms with Gasteiger partial charge in [0.2, 0.25) is 6.79 Å². The van der Waals surface area contributed by atoms with Gasteiger partial charge < -0.3 is 9.47 Å². The fourth-order valence-electron chi connectivity index (χ4n) is 3.06. The Kier molecular flexibility index (Phi) is 5.20. The number of rotatable bonds is 6. The number of carbonyl (C=O) groups is 1. The van der Waals surface area contributed by atoms with Gasteiger partial charge in [0.25, 0.3) is 0 Å². The van der Waals surface area contributed by atoms with Gasteiger partial charge in [0, 0.05) is 11.3 Å². The molecule has 2 aromatic heterocycles. The fourth-order valence-corrected chi connectivity index (χ4v) is 4.97. The molecule has 0 unspecified atom stereocenters. The van der Waals surface area contributed by atoms with Gasteiger partial charge in [-0.05, 0) is 42.5 Å². The van der Waals surface area contributed by atoms with Gasteiger partial charge in [0.1, 0.15) is 0 Å². The number of carbonyl (C=O) groups excluding carboxylic acids is 1. The molecule has 0 atom stereocenters. The third-order valence-electron chi connectivity index (χ3n) is 4.46. The quantitative estimate of drug-likeness (QED) is 0.288. The summed E-state index contributed by atoms with van der Waals surface area (Å²) in [6.07, 6.45) is 0. The van der Waals surface area contributed by atoms with Crippen molar-refractivity contribution < 1.29 is 14.3 Å². The van der Waals surface area contributed by atoms with Gasteiger partial charge in [-0.3, -0.25) is 9.36 Å². The van der Waals surface area contributed by atoms with Crippen molar-refractivity contribution in [1.29, 1.82) is 0 Å². The molecule has 5 rings (SSSR count). The van der Waals surface area contributed by atoms with Crippen molar-refractivity contribution in [1.82, 2.24) is 14.8 Å². The molecule has 0 bridgehead atoms. The molecule has 0 fully saturated rings. The molecule has 0 saturated heterocycles. The maximum Gasteiger partial charge on any atom is 0.231 e. The zero-order valence-electron chi connectivity index (χ0n) is 15.4. The Morgan fingerprint density at radius 2 is 1.90 bits per heavy atom. The van der Waals surface area contributed by atoms with Gasteiger partial charge in [0.05, 0.1) is 15.0 Å². The summed E-state index contributed by atoms with van der Waals surface area (Å²) >= 11 is 8.57. The average molecular weight is 456 g/mol. The highest BCUT2D eigenvalue weighted by Gasteiger charge is 2.21. The number of aromatic nitrogens is 3. The predicted molar refractivity (Wildman–Crippen MR) is 117 cm³/mol. The minimum absolute atomic E-state index is 0.00383. The molecule has 9 heteroatoms. The Balaban J connectivity index is 1.49. The second-order valence-corrected chi connectivity index (χ2v) is 9.02. The minimum atomic E-state index is 0.00383. The maximum absolute atomic E-state index is 12.5. The molecule has 0 aliphatic carbocycles. The van der Waals surface area contributed by atoms with Gasteiger partial charge in [-0.15, -0.1) is 21.5 Å². The number of Topliss-reactive ketones (excluding diaryl/α,β-unsaturated/α-hetero) is 1. The third kappa shape index (κ3) is 3.69. The van der Waals surface area contributed by atoms with Crippen LogP contribution in [-0.4, -0.2) is 33.1 Å². The van der Waals surface area contributed by atoms with Crippen LogP contribution in [0.1, 0.15) is 9.67 Å². The molecule has 3 heterocycles. The highest BCUT2D eigenvalue weighted by atomic mass is 35.5. The second kappa shape index (κ2) is 8.14. The number of ether oxygens (including phenoxy) is 2.